The zero-order valence-corrected chi connectivity index (χ0v) is 16.5. The highest BCUT2D eigenvalue weighted by Crippen LogP contribution is 2.32. The molecule has 25 heavy (non-hydrogen) atoms. The summed E-state index contributed by atoms with van der Waals surface area (Å²) in [6, 6.07) is 8.29. The predicted molar refractivity (Wildman–Crippen MR) is 110 cm³/mol. The first kappa shape index (κ1) is 21.8. The minimum atomic E-state index is 0. The molecule has 4 nitrogen and oxygen atoms in total. The molecule has 2 aromatic rings. The molecule has 0 spiro atoms. The highest BCUT2D eigenvalue weighted by atomic mass is 35.5. The van der Waals surface area contributed by atoms with Gasteiger partial charge in [-0.2, -0.15) is 0 Å². The number of anilines is 1. The van der Waals surface area contributed by atoms with E-state index in [0.717, 1.165) is 31.5 Å². The van der Waals surface area contributed by atoms with Crippen molar-refractivity contribution < 1.29 is 4.79 Å². The fourth-order valence-electron chi connectivity index (χ4n) is 3.73. The van der Waals surface area contributed by atoms with Crippen molar-refractivity contribution in [1.29, 1.82) is 0 Å². The fraction of sp³-hybridized carbons (Fsp3) is 0.526. The Kier molecular flexibility index (Phi) is 8.26. The highest BCUT2D eigenvalue weighted by Gasteiger charge is 2.31. The Hall–Kier alpha value is -1.23. The summed E-state index contributed by atoms with van der Waals surface area (Å²) in [7, 11) is 0. The molecule has 140 valence electrons. The van der Waals surface area contributed by atoms with Crippen LogP contribution in [0.4, 0.5) is 5.69 Å². The first-order chi connectivity index (χ1) is 11.1. The number of nitrogens with one attached hydrogen (secondary N) is 1. The molecule has 0 aliphatic heterocycles. The van der Waals surface area contributed by atoms with E-state index in [0.29, 0.717) is 18.4 Å². The number of aromatic nitrogens is 1. The Bertz CT molecular complexity index is 699. The Balaban J connectivity index is 0.00000156. The lowest BCUT2D eigenvalue weighted by molar-refractivity contribution is -0.120. The van der Waals surface area contributed by atoms with Crippen LogP contribution in [0.1, 0.15) is 33.1 Å². The van der Waals surface area contributed by atoms with Gasteiger partial charge in [0.25, 0.3) is 0 Å². The summed E-state index contributed by atoms with van der Waals surface area (Å²) in [4.78, 5) is 12.5. The van der Waals surface area contributed by atoms with Gasteiger partial charge in [0.05, 0.1) is 0 Å². The maximum atomic E-state index is 12.5. The Morgan fingerprint density at radius 1 is 1.28 bits per heavy atom. The molecule has 0 unspecified atom stereocenters. The van der Waals surface area contributed by atoms with Crippen LogP contribution in [0.3, 0.4) is 0 Å². The SMILES string of the molecule is CC(C)Cn1ccc2cc(NC(=O)[C@@H]3CCC[C@@H]3CN)ccc21.Cl.Cl. The van der Waals surface area contributed by atoms with Gasteiger partial charge in [0.1, 0.15) is 0 Å². The largest absolute Gasteiger partial charge is 0.347 e. The summed E-state index contributed by atoms with van der Waals surface area (Å²) in [5.41, 5.74) is 7.89. The number of amides is 1. The third kappa shape index (κ3) is 4.90. The van der Waals surface area contributed by atoms with E-state index in [4.69, 9.17) is 5.73 Å². The zero-order chi connectivity index (χ0) is 16.4. The molecule has 1 heterocycles. The van der Waals surface area contributed by atoms with E-state index in [9.17, 15) is 4.79 Å². The number of carbonyl (C=O) groups is 1. The van der Waals surface area contributed by atoms with E-state index in [1.165, 1.54) is 10.9 Å². The van der Waals surface area contributed by atoms with Crippen molar-refractivity contribution in [2.45, 2.75) is 39.7 Å². The standard InChI is InChI=1S/C19H27N3O.2ClH/c1-13(2)12-22-9-8-14-10-16(6-7-18(14)22)21-19(23)17-5-3-4-15(17)11-20;;/h6-10,13,15,17H,3-5,11-12,20H2,1-2H3,(H,21,23);2*1H/t15-,17-;;/m1../s1. The van der Waals surface area contributed by atoms with E-state index >= 15 is 0 Å². The highest BCUT2D eigenvalue weighted by molar-refractivity contribution is 5.95. The topological polar surface area (TPSA) is 60.0 Å². The van der Waals surface area contributed by atoms with Crippen molar-refractivity contribution in [3.63, 3.8) is 0 Å². The molecule has 6 heteroatoms. The minimum absolute atomic E-state index is 0. The van der Waals surface area contributed by atoms with Gasteiger partial charge in [-0.15, -0.1) is 24.8 Å². The van der Waals surface area contributed by atoms with Crippen molar-refractivity contribution in [2.24, 2.45) is 23.5 Å². The number of hydrogen-bond acceptors (Lipinski definition) is 2. The Morgan fingerprint density at radius 2 is 2.04 bits per heavy atom. The first-order valence-corrected chi connectivity index (χ1v) is 8.68. The van der Waals surface area contributed by atoms with Crippen LogP contribution < -0.4 is 11.1 Å². The molecule has 1 amide bonds. The lowest BCUT2D eigenvalue weighted by Crippen LogP contribution is -2.29. The van der Waals surface area contributed by atoms with Gasteiger partial charge < -0.3 is 15.6 Å². The number of hydrogen-bond donors (Lipinski definition) is 2. The van der Waals surface area contributed by atoms with Crippen LogP contribution in [0.2, 0.25) is 0 Å². The number of benzene rings is 1. The van der Waals surface area contributed by atoms with Crippen molar-refractivity contribution >= 4 is 47.3 Å². The Morgan fingerprint density at radius 3 is 2.72 bits per heavy atom. The third-order valence-electron chi connectivity index (χ3n) is 4.90. The summed E-state index contributed by atoms with van der Waals surface area (Å²) >= 11 is 0. The van der Waals surface area contributed by atoms with Gasteiger partial charge in [-0.25, -0.2) is 0 Å². The second-order valence-corrected chi connectivity index (χ2v) is 7.16. The van der Waals surface area contributed by atoms with Crippen molar-refractivity contribution in [1.82, 2.24) is 4.57 Å². The van der Waals surface area contributed by atoms with Crippen LogP contribution >= 0.6 is 24.8 Å². The summed E-state index contributed by atoms with van der Waals surface area (Å²) < 4.78 is 2.27. The van der Waals surface area contributed by atoms with Gasteiger partial charge in [-0.05, 0) is 55.5 Å². The molecule has 1 fully saturated rings. The van der Waals surface area contributed by atoms with E-state index in [-0.39, 0.29) is 36.6 Å². The van der Waals surface area contributed by atoms with E-state index in [1.807, 2.05) is 6.07 Å². The normalized spacial score (nSPS) is 19.5. The molecule has 1 aromatic carbocycles. The van der Waals surface area contributed by atoms with Crippen LogP contribution in [0, 0.1) is 17.8 Å². The van der Waals surface area contributed by atoms with Gasteiger partial charge in [-0.1, -0.05) is 20.3 Å². The molecule has 0 saturated heterocycles. The monoisotopic (exact) mass is 385 g/mol. The van der Waals surface area contributed by atoms with Crippen LogP contribution in [0.15, 0.2) is 30.5 Å². The molecule has 1 saturated carbocycles. The molecular weight excluding hydrogens is 357 g/mol. The van der Waals surface area contributed by atoms with Crippen LogP contribution in [-0.4, -0.2) is 17.0 Å². The summed E-state index contributed by atoms with van der Waals surface area (Å²) in [6.07, 6.45) is 5.26. The molecular formula is C19H29Cl2N3O. The molecule has 2 atom stereocenters. The second kappa shape index (κ2) is 9.46. The second-order valence-electron chi connectivity index (χ2n) is 7.16. The number of halogens is 2. The van der Waals surface area contributed by atoms with Gasteiger partial charge in [0, 0.05) is 35.2 Å². The van der Waals surface area contributed by atoms with Crippen molar-refractivity contribution in [2.75, 3.05) is 11.9 Å². The van der Waals surface area contributed by atoms with Crippen molar-refractivity contribution in [3.8, 4) is 0 Å². The van der Waals surface area contributed by atoms with E-state index in [1.54, 1.807) is 0 Å². The minimum Gasteiger partial charge on any atom is -0.347 e. The molecule has 0 radical (unpaired) electrons. The number of rotatable bonds is 5. The van der Waals surface area contributed by atoms with Crippen LogP contribution in [0.25, 0.3) is 10.9 Å². The summed E-state index contributed by atoms with van der Waals surface area (Å²) in [5, 5.41) is 4.26. The molecule has 3 N–H and O–H groups in total. The average Bonchev–Trinajstić information content (AvgIpc) is 3.13. The van der Waals surface area contributed by atoms with E-state index < -0.39 is 0 Å². The average molecular weight is 386 g/mol. The smallest absolute Gasteiger partial charge is 0.227 e. The number of carbonyl (C=O) groups excluding carboxylic acids is 1. The number of nitrogens with zero attached hydrogens (tertiary/aromatic N) is 1. The summed E-state index contributed by atoms with van der Waals surface area (Å²) in [6.45, 7) is 6.05. The molecule has 1 aliphatic rings. The number of nitrogens with two attached hydrogens (primary N) is 1. The Labute approximate surface area is 162 Å². The maximum Gasteiger partial charge on any atom is 0.227 e. The number of fused-ring (bicyclic) bond motifs is 1. The molecule has 3 rings (SSSR count). The molecule has 1 aromatic heterocycles. The zero-order valence-electron chi connectivity index (χ0n) is 14.9. The lowest BCUT2D eigenvalue weighted by Gasteiger charge is -2.17. The van der Waals surface area contributed by atoms with Gasteiger partial charge in [-0.3, -0.25) is 4.79 Å². The maximum absolute atomic E-state index is 12.5. The van der Waals surface area contributed by atoms with Gasteiger partial charge in [0.2, 0.25) is 5.91 Å². The van der Waals surface area contributed by atoms with E-state index in [2.05, 4.69) is 48.1 Å². The van der Waals surface area contributed by atoms with Crippen molar-refractivity contribution in [3.05, 3.63) is 30.5 Å². The molecule has 1 aliphatic carbocycles. The van der Waals surface area contributed by atoms with Gasteiger partial charge in [0.15, 0.2) is 0 Å². The van der Waals surface area contributed by atoms with Gasteiger partial charge >= 0.3 is 0 Å². The first-order valence-electron chi connectivity index (χ1n) is 8.68. The third-order valence-corrected chi connectivity index (χ3v) is 4.90. The van der Waals surface area contributed by atoms with Crippen LogP contribution in [0.5, 0.6) is 0 Å². The quantitative estimate of drug-likeness (QED) is 0.797. The fourth-order valence-corrected chi connectivity index (χ4v) is 3.73. The predicted octanol–water partition coefficient (Wildman–Crippen LogP) is 4.45. The molecule has 0 bridgehead atoms. The van der Waals surface area contributed by atoms with Crippen LogP contribution in [-0.2, 0) is 11.3 Å². The summed E-state index contributed by atoms with van der Waals surface area (Å²) in [5.74, 6) is 1.14. The lowest BCUT2D eigenvalue weighted by atomic mass is 9.95.